The van der Waals surface area contributed by atoms with E-state index in [9.17, 15) is 9.18 Å². The quantitative estimate of drug-likeness (QED) is 0.856. The van der Waals surface area contributed by atoms with E-state index in [0.29, 0.717) is 31.9 Å². The van der Waals surface area contributed by atoms with Gasteiger partial charge in [-0.1, -0.05) is 6.07 Å². The predicted molar refractivity (Wildman–Crippen MR) is 80.8 cm³/mol. The number of alkyl halides is 1. The molecule has 0 radical (unpaired) electrons. The number of morpholine rings is 1. The van der Waals surface area contributed by atoms with Gasteiger partial charge in [0.05, 0.1) is 12.6 Å². The Morgan fingerprint density at radius 3 is 2.96 bits per heavy atom. The average molecular weight is 320 g/mol. The van der Waals surface area contributed by atoms with Crippen molar-refractivity contribution in [1.29, 1.82) is 0 Å². The number of carbonyl (C=O) groups is 1. The Balaban J connectivity index is 1.47. The van der Waals surface area contributed by atoms with Crippen LogP contribution in [0.15, 0.2) is 24.4 Å². The van der Waals surface area contributed by atoms with E-state index in [1.165, 1.54) is 0 Å². The Labute approximate surface area is 134 Å². The first kappa shape index (κ1) is 14.9. The smallest absolute Gasteiger partial charge is 0.260 e. The summed E-state index contributed by atoms with van der Waals surface area (Å²) < 4.78 is 26.3. The van der Waals surface area contributed by atoms with Gasteiger partial charge in [-0.2, -0.15) is 0 Å². The van der Waals surface area contributed by atoms with Crippen molar-refractivity contribution in [2.45, 2.75) is 56.0 Å². The number of ether oxygens (including phenoxy) is 2. The highest BCUT2D eigenvalue weighted by Gasteiger charge is 2.52. The molecule has 0 N–H and O–H groups in total. The molecule has 1 aromatic rings. The summed E-state index contributed by atoms with van der Waals surface area (Å²) in [7, 11) is 0. The summed E-state index contributed by atoms with van der Waals surface area (Å²) in [6, 6.07) is 5.43. The van der Waals surface area contributed by atoms with Crippen molar-refractivity contribution in [2.75, 3.05) is 13.2 Å². The van der Waals surface area contributed by atoms with Crippen LogP contribution in [0.25, 0.3) is 0 Å². The number of pyridine rings is 1. The van der Waals surface area contributed by atoms with Gasteiger partial charge < -0.3 is 14.4 Å². The SMILES string of the molecule is O=C(N1CCO[C@H]2[C@@H](Oc3ccccn3)CC[C@@H]21)C1(F)CCC1. The molecule has 3 aliphatic rings. The van der Waals surface area contributed by atoms with E-state index in [1.54, 1.807) is 11.1 Å². The van der Waals surface area contributed by atoms with Gasteiger partial charge in [0.2, 0.25) is 5.88 Å². The first-order chi connectivity index (χ1) is 11.2. The zero-order chi connectivity index (χ0) is 15.9. The largest absolute Gasteiger partial charge is 0.471 e. The molecule has 23 heavy (non-hydrogen) atoms. The zero-order valence-electron chi connectivity index (χ0n) is 13.0. The number of carbonyl (C=O) groups excluding carboxylic acids is 1. The van der Waals surface area contributed by atoms with Gasteiger partial charge in [-0.15, -0.1) is 0 Å². The topological polar surface area (TPSA) is 51.7 Å². The number of nitrogens with zero attached hydrogens (tertiary/aromatic N) is 2. The lowest BCUT2D eigenvalue weighted by atomic mass is 9.80. The summed E-state index contributed by atoms with van der Waals surface area (Å²) in [5.74, 6) is 0.215. The van der Waals surface area contributed by atoms with Crippen LogP contribution in [0.3, 0.4) is 0 Å². The Morgan fingerprint density at radius 1 is 1.39 bits per heavy atom. The van der Waals surface area contributed by atoms with Crippen LogP contribution in [0.1, 0.15) is 32.1 Å². The van der Waals surface area contributed by atoms with E-state index in [1.807, 2.05) is 18.2 Å². The Kier molecular flexibility index (Phi) is 3.71. The highest BCUT2D eigenvalue weighted by molar-refractivity contribution is 5.86. The molecule has 1 saturated heterocycles. The summed E-state index contributed by atoms with van der Waals surface area (Å²) >= 11 is 0. The van der Waals surface area contributed by atoms with Gasteiger partial charge in [0.15, 0.2) is 5.67 Å². The van der Waals surface area contributed by atoms with Crippen LogP contribution in [0.4, 0.5) is 4.39 Å². The minimum absolute atomic E-state index is 0.0850. The number of amides is 1. The molecule has 3 fully saturated rings. The predicted octanol–water partition coefficient (Wildman–Crippen LogP) is 2.11. The van der Waals surface area contributed by atoms with E-state index in [-0.39, 0.29) is 24.2 Å². The molecule has 0 spiro atoms. The number of halogens is 1. The Hall–Kier alpha value is -1.69. The van der Waals surface area contributed by atoms with Crippen LogP contribution in [0.5, 0.6) is 5.88 Å². The van der Waals surface area contributed by atoms with E-state index >= 15 is 0 Å². The molecule has 2 saturated carbocycles. The van der Waals surface area contributed by atoms with Gasteiger partial charge in [-0.25, -0.2) is 9.37 Å². The maximum atomic E-state index is 14.5. The molecule has 0 unspecified atom stereocenters. The van der Waals surface area contributed by atoms with Crippen molar-refractivity contribution in [1.82, 2.24) is 9.88 Å². The van der Waals surface area contributed by atoms with Gasteiger partial charge in [0.25, 0.3) is 5.91 Å². The molecule has 1 amide bonds. The molecule has 0 bridgehead atoms. The van der Waals surface area contributed by atoms with Gasteiger partial charge in [0.1, 0.15) is 12.2 Å². The molecule has 6 heteroatoms. The average Bonchev–Trinajstić information content (AvgIpc) is 2.96. The second kappa shape index (κ2) is 5.74. The zero-order valence-corrected chi connectivity index (χ0v) is 13.0. The third-order valence-electron chi connectivity index (χ3n) is 5.24. The molecule has 2 heterocycles. The van der Waals surface area contributed by atoms with Crippen molar-refractivity contribution < 1.29 is 18.7 Å². The second-order valence-electron chi connectivity index (χ2n) is 6.62. The second-order valence-corrected chi connectivity index (χ2v) is 6.62. The lowest BCUT2D eigenvalue weighted by molar-refractivity contribution is -0.165. The minimum atomic E-state index is -1.64. The maximum absolute atomic E-state index is 14.5. The standard InChI is InChI=1S/C17H21FN2O3/c18-17(7-3-8-17)16(21)20-10-11-22-15-12(20)5-6-13(15)23-14-4-1-2-9-19-14/h1-2,4,9,12-13,15H,3,5-8,10-11H2/t12-,13-,15+/m0/s1. The van der Waals surface area contributed by atoms with Crippen molar-refractivity contribution in [3.05, 3.63) is 24.4 Å². The summed E-state index contributed by atoms with van der Waals surface area (Å²) in [5.41, 5.74) is -1.64. The van der Waals surface area contributed by atoms with Crippen molar-refractivity contribution in [3.63, 3.8) is 0 Å². The molecule has 1 aliphatic heterocycles. The van der Waals surface area contributed by atoms with Gasteiger partial charge in [-0.05, 0) is 38.2 Å². The lowest BCUT2D eigenvalue weighted by Gasteiger charge is -2.44. The first-order valence-electron chi connectivity index (χ1n) is 8.37. The number of fused-ring (bicyclic) bond motifs is 1. The Morgan fingerprint density at radius 2 is 2.26 bits per heavy atom. The maximum Gasteiger partial charge on any atom is 0.260 e. The molecule has 124 valence electrons. The van der Waals surface area contributed by atoms with Crippen LogP contribution >= 0.6 is 0 Å². The summed E-state index contributed by atoms with van der Waals surface area (Å²) in [5, 5.41) is 0. The number of hydrogen-bond donors (Lipinski definition) is 0. The number of aromatic nitrogens is 1. The first-order valence-corrected chi connectivity index (χ1v) is 8.37. The van der Waals surface area contributed by atoms with Gasteiger partial charge >= 0.3 is 0 Å². The van der Waals surface area contributed by atoms with Gasteiger partial charge in [-0.3, -0.25) is 4.79 Å². The molecule has 5 nitrogen and oxygen atoms in total. The van der Waals surface area contributed by atoms with E-state index < -0.39 is 5.67 Å². The number of hydrogen-bond acceptors (Lipinski definition) is 4. The number of rotatable bonds is 3. The highest BCUT2D eigenvalue weighted by Crippen LogP contribution is 2.40. The fourth-order valence-electron chi connectivity index (χ4n) is 3.82. The summed E-state index contributed by atoms with van der Waals surface area (Å²) in [4.78, 5) is 18.4. The third-order valence-corrected chi connectivity index (χ3v) is 5.24. The van der Waals surface area contributed by atoms with Crippen LogP contribution in [-0.4, -0.2) is 52.9 Å². The molecule has 2 aliphatic carbocycles. The van der Waals surface area contributed by atoms with Crippen molar-refractivity contribution in [3.8, 4) is 5.88 Å². The van der Waals surface area contributed by atoms with Crippen LogP contribution in [0, 0.1) is 0 Å². The fraction of sp³-hybridized carbons (Fsp3) is 0.647. The van der Waals surface area contributed by atoms with Crippen LogP contribution in [0.2, 0.25) is 0 Å². The van der Waals surface area contributed by atoms with Gasteiger partial charge in [0, 0.05) is 18.8 Å². The Bertz CT molecular complexity index is 578. The summed E-state index contributed by atoms with van der Waals surface area (Å²) in [6.07, 6.45) is 4.43. The van der Waals surface area contributed by atoms with Crippen LogP contribution < -0.4 is 4.74 Å². The van der Waals surface area contributed by atoms with E-state index in [2.05, 4.69) is 4.98 Å². The molecule has 0 aromatic carbocycles. The molecular weight excluding hydrogens is 299 g/mol. The highest BCUT2D eigenvalue weighted by atomic mass is 19.1. The third kappa shape index (κ3) is 2.59. The fourth-order valence-corrected chi connectivity index (χ4v) is 3.82. The molecule has 3 atom stereocenters. The lowest BCUT2D eigenvalue weighted by Crippen LogP contribution is -2.60. The normalized spacial score (nSPS) is 32.0. The monoisotopic (exact) mass is 320 g/mol. The van der Waals surface area contributed by atoms with E-state index in [4.69, 9.17) is 9.47 Å². The minimum Gasteiger partial charge on any atom is -0.471 e. The van der Waals surface area contributed by atoms with Crippen molar-refractivity contribution in [2.24, 2.45) is 0 Å². The van der Waals surface area contributed by atoms with Crippen LogP contribution in [-0.2, 0) is 9.53 Å². The molecular formula is C17H21FN2O3. The molecule has 1 aromatic heterocycles. The molecule has 4 rings (SSSR count). The van der Waals surface area contributed by atoms with E-state index in [0.717, 1.165) is 19.3 Å². The summed E-state index contributed by atoms with van der Waals surface area (Å²) in [6.45, 7) is 0.910. The van der Waals surface area contributed by atoms with Crippen molar-refractivity contribution >= 4 is 5.91 Å².